The van der Waals surface area contributed by atoms with Gasteiger partial charge in [-0.1, -0.05) is 54.6 Å². The summed E-state index contributed by atoms with van der Waals surface area (Å²) in [5.41, 5.74) is 3.09. The monoisotopic (exact) mass is 479 g/mol. The number of thioether (sulfide) groups is 1. The SMILES string of the molecule is CCOc1cc(/C=C2\SC(=N)[C@@H](c3nnc(CC)s3)C2=O)ccc1OCc1cccc(C)c1. The molecule has 8 heteroatoms. The zero-order chi connectivity index (χ0) is 23.4. The van der Waals surface area contributed by atoms with Crippen LogP contribution in [0.3, 0.4) is 0 Å². The molecule has 1 atom stereocenters. The van der Waals surface area contributed by atoms with Crippen molar-refractivity contribution in [1.82, 2.24) is 10.2 Å². The molecule has 1 aliphatic heterocycles. The van der Waals surface area contributed by atoms with Crippen LogP contribution in [0.15, 0.2) is 47.4 Å². The Balaban J connectivity index is 1.54. The fourth-order valence-electron chi connectivity index (χ4n) is 3.46. The number of carbonyl (C=O) groups excluding carboxylic acids is 1. The number of carbonyl (C=O) groups is 1. The molecule has 33 heavy (non-hydrogen) atoms. The molecule has 0 unspecified atom stereocenters. The van der Waals surface area contributed by atoms with Crippen LogP contribution in [-0.4, -0.2) is 27.6 Å². The lowest BCUT2D eigenvalue weighted by Gasteiger charge is -2.13. The number of allylic oxidation sites excluding steroid dienone is 1. The van der Waals surface area contributed by atoms with Crippen LogP contribution in [0.5, 0.6) is 11.5 Å². The predicted molar refractivity (Wildman–Crippen MR) is 133 cm³/mol. The van der Waals surface area contributed by atoms with Crippen LogP contribution in [-0.2, 0) is 17.8 Å². The summed E-state index contributed by atoms with van der Waals surface area (Å²) in [6.45, 7) is 6.91. The Kier molecular flexibility index (Phi) is 7.25. The van der Waals surface area contributed by atoms with Gasteiger partial charge in [0.15, 0.2) is 17.3 Å². The van der Waals surface area contributed by atoms with Crippen molar-refractivity contribution in [2.45, 2.75) is 39.7 Å². The molecule has 0 aliphatic carbocycles. The summed E-state index contributed by atoms with van der Waals surface area (Å²) in [4.78, 5) is 13.6. The maximum Gasteiger partial charge on any atom is 0.186 e. The van der Waals surface area contributed by atoms with Gasteiger partial charge in [-0.25, -0.2) is 0 Å². The molecule has 0 amide bonds. The van der Waals surface area contributed by atoms with Crippen molar-refractivity contribution in [1.29, 1.82) is 5.41 Å². The number of ketones is 1. The number of rotatable bonds is 8. The molecule has 1 N–H and O–H groups in total. The highest BCUT2D eigenvalue weighted by molar-refractivity contribution is 8.19. The van der Waals surface area contributed by atoms with Gasteiger partial charge in [0, 0.05) is 0 Å². The van der Waals surface area contributed by atoms with Gasteiger partial charge in [-0.2, -0.15) is 0 Å². The maximum atomic E-state index is 13.0. The van der Waals surface area contributed by atoms with Gasteiger partial charge in [0.25, 0.3) is 0 Å². The van der Waals surface area contributed by atoms with Crippen molar-refractivity contribution in [3.05, 3.63) is 74.1 Å². The van der Waals surface area contributed by atoms with Gasteiger partial charge in [0.1, 0.15) is 22.5 Å². The van der Waals surface area contributed by atoms with Crippen LogP contribution >= 0.6 is 23.1 Å². The average molecular weight is 480 g/mol. The van der Waals surface area contributed by atoms with Crippen molar-refractivity contribution in [3.63, 3.8) is 0 Å². The van der Waals surface area contributed by atoms with E-state index in [4.69, 9.17) is 14.9 Å². The van der Waals surface area contributed by atoms with Crippen LogP contribution in [0, 0.1) is 12.3 Å². The third kappa shape index (κ3) is 5.34. The molecule has 6 nitrogen and oxygen atoms in total. The van der Waals surface area contributed by atoms with Gasteiger partial charge >= 0.3 is 0 Å². The molecule has 4 rings (SSSR count). The lowest BCUT2D eigenvalue weighted by Crippen LogP contribution is -2.11. The quantitative estimate of drug-likeness (QED) is 0.411. The lowest BCUT2D eigenvalue weighted by atomic mass is 10.0. The van der Waals surface area contributed by atoms with Crippen LogP contribution in [0.25, 0.3) is 6.08 Å². The second kappa shape index (κ2) is 10.3. The maximum absolute atomic E-state index is 13.0. The molecule has 3 aromatic rings. The normalized spacial score (nSPS) is 17.1. The minimum Gasteiger partial charge on any atom is -0.490 e. The molecular weight excluding hydrogens is 454 g/mol. The summed E-state index contributed by atoms with van der Waals surface area (Å²) < 4.78 is 11.8. The molecule has 0 saturated carbocycles. The molecule has 2 heterocycles. The van der Waals surface area contributed by atoms with E-state index < -0.39 is 5.92 Å². The van der Waals surface area contributed by atoms with Crippen LogP contribution < -0.4 is 9.47 Å². The molecule has 0 spiro atoms. The Morgan fingerprint density at radius 1 is 1.09 bits per heavy atom. The first-order valence-electron chi connectivity index (χ1n) is 10.8. The Morgan fingerprint density at radius 3 is 2.67 bits per heavy atom. The zero-order valence-corrected chi connectivity index (χ0v) is 20.4. The Morgan fingerprint density at radius 2 is 1.94 bits per heavy atom. The lowest BCUT2D eigenvalue weighted by molar-refractivity contribution is -0.114. The van der Waals surface area contributed by atoms with E-state index in [0.29, 0.717) is 34.6 Å². The Labute approximate surface area is 201 Å². The molecule has 1 aliphatic rings. The van der Waals surface area contributed by atoms with Crippen LogP contribution in [0.2, 0.25) is 0 Å². The van der Waals surface area contributed by atoms with E-state index in [2.05, 4.69) is 29.3 Å². The topological polar surface area (TPSA) is 85.2 Å². The highest BCUT2D eigenvalue weighted by atomic mass is 32.2. The van der Waals surface area contributed by atoms with Gasteiger partial charge in [-0.3, -0.25) is 10.2 Å². The van der Waals surface area contributed by atoms with Crippen molar-refractivity contribution < 1.29 is 14.3 Å². The highest BCUT2D eigenvalue weighted by Gasteiger charge is 2.39. The van der Waals surface area contributed by atoms with E-state index in [1.165, 1.54) is 28.7 Å². The minimum atomic E-state index is -0.651. The Bertz CT molecular complexity index is 1220. The van der Waals surface area contributed by atoms with E-state index in [-0.39, 0.29) is 10.8 Å². The number of hydrogen-bond acceptors (Lipinski definition) is 8. The van der Waals surface area contributed by atoms with Crippen molar-refractivity contribution in [2.24, 2.45) is 0 Å². The number of nitrogens with zero attached hydrogens (tertiary/aromatic N) is 2. The molecule has 1 aromatic heterocycles. The van der Waals surface area contributed by atoms with E-state index in [9.17, 15) is 4.79 Å². The second-order valence-corrected chi connectivity index (χ2v) is 9.75. The number of aryl methyl sites for hydroxylation is 2. The van der Waals surface area contributed by atoms with Gasteiger partial charge in [-0.05, 0) is 49.6 Å². The summed E-state index contributed by atoms with van der Waals surface area (Å²) in [6.07, 6.45) is 2.57. The van der Waals surface area contributed by atoms with E-state index in [1.54, 1.807) is 6.08 Å². The number of aromatic nitrogens is 2. The van der Waals surface area contributed by atoms with E-state index >= 15 is 0 Å². The van der Waals surface area contributed by atoms with E-state index in [0.717, 1.165) is 22.6 Å². The number of benzene rings is 2. The average Bonchev–Trinajstić information content (AvgIpc) is 3.37. The summed E-state index contributed by atoms with van der Waals surface area (Å²) in [5, 5.41) is 18.3. The third-order valence-electron chi connectivity index (χ3n) is 5.06. The molecule has 170 valence electrons. The van der Waals surface area contributed by atoms with Crippen molar-refractivity contribution in [3.8, 4) is 11.5 Å². The largest absolute Gasteiger partial charge is 0.490 e. The molecule has 2 aromatic carbocycles. The van der Waals surface area contributed by atoms with Crippen molar-refractivity contribution >= 4 is 40.0 Å². The summed E-state index contributed by atoms with van der Waals surface area (Å²) in [6, 6.07) is 13.8. The fraction of sp³-hybridized carbons (Fsp3) is 0.280. The van der Waals surface area contributed by atoms with Gasteiger partial charge in [-0.15, -0.1) is 21.5 Å². The van der Waals surface area contributed by atoms with E-state index in [1.807, 2.05) is 44.2 Å². The number of Topliss-reactive ketones (excluding diaryl/α,β-unsaturated/α-hetero) is 1. The Hall–Kier alpha value is -2.97. The first kappa shape index (κ1) is 23.2. The minimum absolute atomic E-state index is 0.110. The third-order valence-corrected chi connectivity index (χ3v) is 7.19. The molecule has 1 fully saturated rings. The molecule has 0 radical (unpaired) electrons. The van der Waals surface area contributed by atoms with Crippen molar-refractivity contribution in [2.75, 3.05) is 6.61 Å². The van der Waals surface area contributed by atoms with Gasteiger partial charge < -0.3 is 9.47 Å². The predicted octanol–water partition coefficient (Wildman–Crippen LogP) is 5.80. The summed E-state index contributed by atoms with van der Waals surface area (Å²) in [7, 11) is 0. The highest BCUT2D eigenvalue weighted by Crippen LogP contribution is 2.42. The smallest absolute Gasteiger partial charge is 0.186 e. The first-order chi connectivity index (χ1) is 16.0. The molecular formula is C25H25N3O3S2. The number of hydrogen-bond donors (Lipinski definition) is 1. The standard InChI is InChI=1S/C25H25N3O3S2/c1-4-21-27-28-25(33-21)22-23(29)20(32-24(22)26)13-16-9-10-18(19(12-16)30-5-2)31-14-17-8-6-7-15(3)11-17/h6-13,22,26H,4-5,14H2,1-3H3/b20-13-,26-24?/t22-/m0/s1. The first-order valence-corrected chi connectivity index (χ1v) is 12.4. The van der Waals surface area contributed by atoms with Gasteiger partial charge in [0.05, 0.1) is 16.6 Å². The van der Waals surface area contributed by atoms with Gasteiger partial charge in [0.2, 0.25) is 0 Å². The summed E-state index contributed by atoms with van der Waals surface area (Å²) >= 11 is 2.58. The zero-order valence-electron chi connectivity index (χ0n) is 18.8. The van der Waals surface area contributed by atoms with Crippen LogP contribution in [0.1, 0.15) is 46.5 Å². The van der Waals surface area contributed by atoms with Crippen LogP contribution in [0.4, 0.5) is 0 Å². The number of ether oxygens (including phenoxy) is 2. The summed E-state index contributed by atoms with van der Waals surface area (Å²) in [5.74, 6) is 0.514. The molecule has 0 bridgehead atoms. The molecule has 1 saturated heterocycles. The second-order valence-electron chi connectivity index (χ2n) is 7.58. The number of nitrogens with one attached hydrogen (secondary N) is 1. The fourth-order valence-corrected chi connectivity index (χ4v) is 5.41.